The van der Waals surface area contributed by atoms with Gasteiger partial charge in [-0.25, -0.2) is 4.98 Å². The van der Waals surface area contributed by atoms with Crippen LogP contribution in [0.3, 0.4) is 0 Å². The van der Waals surface area contributed by atoms with Crippen molar-refractivity contribution in [2.45, 2.75) is 13.0 Å². The summed E-state index contributed by atoms with van der Waals surface area (Å²) in [5.74, 6) is 1.52. The second-order valence-corrected chi connectivity index (χ2v) is 4.25. The third-order valence-corrected chi connectivity index (χ3v) is 3.01. The number of nitrogens with zero attached hydrogens (tertiary/aromatic N) is 3. The van der Waals surface area contributed by atoms with Crippen molar-refractivity contribution in [3.05, 3.63) is 35.7 Å². The molecule has 0 bridgehead atoms. The number of hydrogen-bond donors (Lipinski definition) is 2. The van der Waals surface area contributed by atoms with Gasteiger partial charge in [-0.3, -0.25) is 0 Å². The van der Waals surface area contributed by atoms with Crippen molar-refractivity contribution in [3.8, 4) is 6.01 Å². The molecule has 0 aliphatic carbocycles. The lowest BCUT2D eigenvalue weighted by molar-refractivity contribution is 0.377. The second kappa shape index (κ2) is 5.19. The summed E-state index contributed by atoms with van der Waals surface area (Å²) in [4.78, 5) is 13.0. The number of aromatic nitrogens is 3. The minimum atomic E-state index is 0.388. The van der Waals surface area contributed by atoms with Gasteiger partial charge < -0.3 is 15.4 Å². The highest BCUT2D eigenvalue weighted by Crippen LogP contribution is 2.24. The zero-order valence-electron chi connectivity index (χ0n) is 10.7. The van der Waals surface area contributed by atoms with Crippen LogP contribution < -0.4 is 15.4 Å². The summed E-state index contributed by atoms with van der Waals surface area (Å²) in [6.45, 7) is 1.69. The van der Waals surface area contributed by atoms with Gasteiger partial charge in [0.15, 0.2) is 0 Å². The highest BCUT2D eigenvalue weighted by atomic mass is 16.5. The third-order valence-electron chi connectivity index (χ3n) is 3.01. The van der Waals surface area contributed by atoms with Gasteiger partial charge in [-0.15, -0.1) is 0 Å². The molecule has 0 unspecified atom stereocenters. The number of anilines is 2. The van der Waals surface area contributed by atoms with Gasteiger partial charge >= 0.3 is 6.01 Å². The van der Waals surface area contributed by atoms with Crippen LogP contribution in [-0.4, -0.2) is 28.6 Å². The number of hydrogen-bond acceptors (Lipinski definition) is 6. The maximum absolute atomic E-state index is 5.16. The molecule has 6 heteroatoms. The Bertz CT molecular complexity index is 573. The fourth-order valence-electron chi connectivity index (χ4n) is 2.07. The van der Waals surface area contributed by atoms with E-state index >= 15 is 0 Å². The van der Waals surface area contributed by atoms with E-state index < -0.39 is 0 Å². The predicted octanol–water partition coefficient (Wildman–Crippen LogP) is 1.27. The van der Waals surface area contributed by atoms with Gasteiger partial charge in [0, 0.05) is 31.3 Å². The Hall–Kier alpha value is -2.21. The number of methoxy groups -OCH3 is 1. The lowest BCUT2D eigenvalue weighted by Crippen LogP contribution is -2.26. The molecule has 2 aromatic rings. The fraction of sp³-hybridized carbons (Fsp3) is 0.308. The van der Waals surface area contributed by atoms with Crippen molar-refractivity contribution >= 4 is 11.6 Å². The molecule has 0 aromatic carbocycles. The Morgan fingerprint density at radius 3 is 3.05 bits per heavy atom. The highest BCUT2D eigenvalue weighted by Gasteiger charge is 2.18. The molecule has 2 N–H and O–H groups in total. The van der Waals surface area contributed by atoms with Gasteiger partial charge in [-0.1, -0.05) is 6.07 Å². The molecule has 6 nitrogen and oxygen atoms in total. The summed E-state index contributed by atoms with van der Waals surface area (Å²) in [7, 11) is 1.58. The lowest BCUT2D eigenvalue weighted by Gasteiger charge is -2.19. The Labute approximate surface area is 111 Å². The Morgan fingerprint density at radius 1 is 1.32 bits per heavy atom. The van der Waals surface area contributed by atoms with E-state index in [4.69, 9.17) is 4.74 Å². The molecular weight excluding hydrogens is 242 g/mol. The molecule has 3 rings (SSSR count). The molecule has 19 heavy (non-hydrogen) atoms. The van der Waals surface area contributed by atoms with E-state index in [9.17, 15) is 0 Å². The van der Waals surface area contributed by atoms with Gasteiger partial charge in [0.25, 0.3) is 0 Å². The maximum Gasteiger partial charge on any atom is 0.318 e. The summed E-state index contributed by atoms with van der Waals surface area (Å²) in [5.41, 5.74) is 2.11. The predicted molar refractivity (Wildman–Crippen MR) is 71.5 cm³/mol. The van der Waals surface area contributed by atoms with Gasteiger partial charge in [0.05, 0.1) is 12.8 Å². The standard InChI is InChI=1S/C13H15N5O/c1-19-13-16-10-5-7-14-8-9(10)12(18-13)17-11-4-2-3-6-15-11/h2-4,6,14H,5,7-8H2,1H3,(H,15,16,17,18). The van der Waals surface area contributed by atoms with Crippen molar-refractivity contribution in [1.29, 1.82) is 0 Å². The van der Waals surface area contributed by atoms with E-state index in [1.165, 1.54) is 0 Å². The quantitative estimate of drug-likeness (QED) is 0.862. The third kappa shape index (κ3) is 2.48. The van der Waals surface area contributed by atoms with Crippen LogP contribution in [0.15, 0.2) is 24.4 Å². The lowest BCUT2D eigenvalue weighted by atomic mass is 10.1. The van der Waals surface area contributed by atoms with Crippen molar-refractivity contribution in [2.75, 3.05) is 19.0 Å². The zero-order chi connectivity index (χ0) is 13.1. The molecule has 0 spiro atoms. The monoisotopic (exact) mass is 257 g/mol. The summed E-state index contributed by atoms with van der Waals surface area (Å²) in [6.07, 6.45) is 2.62. The average molecular weight is 257 g/mol. The molecule has 1 aliphatic rings. The van der Waals surface area contributed by atoms with E-state index in [2.05, 4.69) is 25.6 Å². The van der Waals surface area contributed by atoms with Crippen molar-refractivity contribution in [2.24, 2.45) is 0 Å². The SMILES string of the molecule is COc1nc2c(c(Nc3ccccn3)n1)CNCC2. The maximum atomic E-state index is 5.16. The van der Waals surface area contributed by atoms with Crippen LogP contribution in [0.1, 0.15) is 11.3 Å². The number of nitrogens with one attached hydrogen (secondary N) is 2. The number of rotatable bonds is 3. The molecule has 0 amide bonds. The van der Waals surface area contributed by atoms with E-state index in [1.807, 2.05) is 18.2 Å². The largest absolute Gasteiger partial charge is 0.467 e. The highest BCUT2D eigenvalue weighted by molar-refractivity contribution is 5.57. The minimum absolute atomic E-state index is 0.388. The zero-order valence-corrected chi connectivity index (χ0v) is 10.7. The smallest absolute Gasteiger partial charge is 0.318 e. The van der Waals surface area contributed by atoms with Crippen molar-refractivity contribution in [1.82, 2.24) is 20.3 Å². The summed E-state index contributed by atoms with van der Waals surface area (Å²) in [5, 5.41) is 6.55. The minimum Gasteiger partial charge on any atom is -0.467 e. The molecule has 0 saturated heterocycles. The topological polar surface area (TPSA) is 72.0 Å². The van der Waals surface area contributed by atoms with Crippen LogP contribution in [0.4, 0.5) is 11.6 Å². The normalized spacial score (nSPS) is 13.7. The molecule has 0 fully saturated rings. The first-order valence-electron chi connectivity index (χ1n) is 6.19. The van der Waals surface area contributed by atoms with Crippen LogP contribution in [0.25, 0.3) is 0 Å². The summed E-state index contributed by atoms with van der Waals surface area (Å²) >= 11 is 0. The number of pyridine rings is 1. The molecule has 1 aliphatic heterocycles. The van der Waals surface area contributed by atoms with Crippen molar-refractivity contribution < 1.29 is 4.74 Å². The van der Waals surface area contributed by atoms with Crippen LogP contribution >= 0.6 is 0 Å². The molecule has 2 aromatic heterocycles. The first kappa shape index (κ1) is 11.9. The van der Waals surface area contributed by atoms with E-state index in [1.54, 1.807) is 13.3 Å². The van der Waals surface area contributed by atoms with Crippen LogP contribution in [0.5, 0.6) is 6.01 Å². The first-order valence-corrected chi connectivity index (χ1v) is 6.19. The second-order valence-electron chi connectivity index (χ2n) is 4.25. The molecule has 0 radical (unpaired) electrons. The van der Waals surface area contributed by atoms with Crippen molar-refractivity contribution in [3.63, 3.8) is 0 Å². The molecular formula is C13H15N5O. The summed E-state index contributed by atoms with van der Waals surface area (Å²) in [6, 6.07) is 6.09. The molecule has 0 atom stereocenters. The fourth-order valence-corrected chi connectivity index (χ4v) is 2.07. The molecule has 3 heterocycles. The molecule has 98 valence electrons. The van der Waals surface area contributed by atoms with Crippen LogP contribution in [0, 0.1) is 0 Å². The van der Waals surface area contributed by atoms with E-state index in [-0.39, 0.29) is 0 Å². The van der Waals surface area contributed by atoms with E-state index in [0.29, 0.717) is 6.01 Å². The van der Waals surface area contributed by atoms with Gasteiger partial charge in [-0.2, -0.15) is 9.97 Å². The van der Waals surface area contributed by atoms with Gasteiger partial charge in [0.2, 0.25) is 0 Å². The van der Waals surface area contributed by atoms with Gasteiger partial charge in [0.1, 0.15) is 11.6 Å². The van der Waals surface area contributed by atoms with Crippen LogP contribution in [-0.2, 0) is 13.0 Å². The number of fused-ring (bicyclic) bond motifs is 1. The Kier molecular flexibility index (Phi) is 3.24. The van der Waals surface area contributed by atoms with Crippen LogP contribution in [0.2, 0.25) is 0 Å². The van der Waals surface area contributed by atoms with E-state index in [0.717, 1.165) is 42.4 Å². The Balaban J connectivity index is 1.99. The summed E-state index contributed by atoms with van der Waals surface area (Å²) < 4.78 is 5.16. The molecule has 0 saturated carbocycles. The Morgan fingerprint density at radius 2 is 2.26 bits per heavy atom. The number of ether oxygens (including phenoxy) is 1. The van der Waals surface area contributed by atoms with Gasteiger partial charge in [-0.05, 0) is 12.1 Å². The first-order chi connectivity index (χ1) is 9.36. The average Bonchev–Trinajstić information content (AvgIpc) is 2.48.